The van der Waals surface area contributed by atoms with E-state index < -0.39 is 69.1 Å². The molecule has 2 aromatic heterocycles. The Morgan fingerprint density at radius 3 is 1.57 bits per heavy atom. The first-order chi connectivity index (χ1) is 38.4. The van der Waals surface area contributed by atoms with Gasteiger partial charge in [0.1, 0.15) is 51.7 Å². The number of anilines is 2. The van der Waals surface area contributed by atoms with Crippen molar-refractivity contribution in [2.45, 2.75) is 108 Å². The molecule has 2 atom stereocenters. The van der Waals surface area contributed by atoms with Crippen molar-refractivity contribution in [3.63, 3.8) is 0 Å². The van der Waals surface area contributed by atoms with Gasteiger partial charge in [0.2, 0.25) is 31.9 Å². The number of aromatic nitrogens is 2. The summed E-state index contributed by atoms with van der Waals surface area (Å²) in [7, 11) is -6.69. The van der Waals surface area contributed by atoms with E-state index in [0.29, 0.717) is 105 Å². The van der Waals surface area contributed by atoms with Gasteiger partial charge in [-0.1, -0.05) is 0 Å². The SMILES string of the molecule is CB(O)Nc1cc(CN2CCC(C(=O)N3CCC4(CC3)CC(NS(C)(=O)=O)c3cc(F)ccc3O4)CC2)ccn1.COc1ccnc(NB(C)O)c1.CS(=O)(=O)NC1CC2(CCN(C(=O)C3CCNCC3)CC2)Oc2ccc(F)cc21. The van der Waals surface area contributed by atoms with Crippen molar-refractivity contribution in [3.05, 3.63) is 101 Å². The number of nitrogens with one attached hydrogen (secondary N) is 5. The average Bonchev–Trinajstić information content (AvgIpc) is 3.42. The number of nitrogens with zero attached hydrogens (tertiary/aromatic N) is 5. The van der Waals surface area contributed by atoms with E-state index in [9.17, 15) is 40.2 Å². The molecule has 0 saturated carbocycles. The van der Waals surface area contributed by atoms with Gasteiger partial charge in [0, 0.05) is 113 Å². The number of amides is 2. The molecule has 6 aliphatic heterocycles. The summed E-state index contributed by atoms with van der Waals surface area (Å²) in [4.78, 5) is 40.6. The highest BCUT2D eigenvalue weighted by molar-refractivity contribution is 7.89. The van der Waals surface area contributed by atoms with Gasteiger partial charge in [-0.25, -0.2) is 45.0 Å². The third kappa shape index (κ3) is 17.2. The minimum absolute atomic E-state index is 0.0224. The maximum atomic E-state index is 13.9. The maximum absolute atomic E-state index is 13.9. The summed E-state index contributed by atoms with van der Waals surface area (Å²) in [6, 6.07) is 14.7. The number of carbonyl (C=O) groups is 2. The number of pyridine rings is 2. The van der Waals surface area contributed by atoms with Gasteiger partial charge in [0.25, 0.3) is 0 Å². The predicted octanol–water partition coefficient (Wildman–Crippen LogP) is 4.56. The fourth-order valence-corrected chi connectivity index (χ4v) is 13.2. The molecular formula is C54H76B2F2N10O11S2. The fourth-order valence-electron chi connectivity index (χ4n) is 11.8. The highest BCUT2D eigenvalue weighted by Gasteiger charge is 2.47. The standard InChI is InChI=1S/C27H37BFN5O5S.C20H28FN3O4S.C7H11BN2O2/c1-28(36)31-25-15-19(5-10-30-25)18-33-11-6-20(7-12-33)26(35)34-13-8-27(9-14-34)17-23(32-40(2,37)38)22-16-21(29)3-4-24(22)39-27;1-29(26,27)23-17-13-20(28-18-3-2-15(21)12-16(17)18)6-10-24(11-7-20)19(25)14-4-8-22-9-5-14;1-8(11)10-7-5-6(12-2)3-4-9-7/h3-5,10,15-16,20,23,32,36H,6-9,11-14,17-18H2,1-2H3,(H,30,31);2-3,12,14,17,22-23H,4-11,13H2,1H3;3-5,11H,1-2H3,(H,9,10). The van der Waals surface area contributed by atoms with Gasteiger partial charge in [0.15, 0.2) is 0 Å². The number of likely N-dealkylation sites (tertiary alicyclic amines) is 3. The Bertz CT molecular complexity index is 3040. The van der Waals surface area contributed by atoms with Crippen molar-refractivity contribution in [2.24, 2.45) is 11.8 Å². The molecule has 2 amide bonds. The van der Waals surface area contributed by atoms with Crippen molar-refractivity contribution in [1.82, 2.24) is 39.4 Å². The lowest BCUT2D eigenvalue weighted by Gasteiger charge is -2.47. The van der Waals surface area contributed by atoms with Crippen LogP contribution in [0.25, 0.3) is 0 Å². The first kappa shape index (κ1) is 61.4. The van der Waals surface area contributed by atoms with Crippen molar-refractivity contribution < 1.29 is 59.5 Å². The fraction of sp³-hybridized carbons (Fsp3) is 0.556. The number of halogens is 2. The zero-order valence-corrected chi connectivity index (χ0v) is 48.3. The molecule has 2 aromatic carbocycles. The Morgan fingerprint density at radius 2 is 1.12 bits per heavy atom. The highest BCUT2D eigenvalue weighted by atomic mass is 32.2. The number of hydrogen-bond donors (Lipinski definition) is 7. The number of sulfonamides is 2. The van der Waals surface area contributed by atoms with Gasteiger partial charge in [0.05, 0.1) is 31.7 Å². The van der Waals surface area contributed by atoms with Crippen LogP contribution in [-0.2, 0) is 36.2 Å². The van der Waals surface area contributed by atoms with Crippen molar-refractivity contribution in [1.29, 1.82) is 0 Å². The Kier molecular flexibility index (Phi) is 20.2. The lowest BCUT2D eigenvalue weighted by molar-refractivity contribution is -0.141. The van der Waals surface area contributed by atoms with E-state index >= 15 is 0 Å². The average molecular weight is 1170 g/mol. The van der Waals surface area contributed by atoms with Gasteiger partial charge in [-0.05, 0) is 126 Å². The molecule has 27 heteroatoms. The van der Waals surface area contributed by atoms with Crippen LogP contribution in [0.3, 0.4) is 0 Å². The summed E-state index contributed by atoms with van der Waals surface area (Å²) >= 11 is 0. The van der Waals surface area contributed by atoms with Gasteiger partial charge in [-0.2, -0.15) is 0 Å². The normalized spacial score (nSPS) is 20.9. The second kappa shape index (κ2) is 26.7. The zero-order chi connectivity index (χ0) is 58.1. The molecule has 21 nitrogen and oxygen atoms in total. The highest BCUT2D eigenvalue weighted by Crippen LogP contribution is 2.47. The zero-order valence-electron chi connectivity index (χ0n) is 46.7. The summed E-state index contributed by atoms with van der Waals surface area (Å²) in [5, 5.41) is 27.4. The van der Waals surface area contributed by atoms with E-state index in [1.807, 2.05) is 21.9 Å². The van der Waals surface area contributed by atoms with Crippen LogP contribution in [0.15, 0.2) is 73.1 Å². The Balaban J connectivity index is 0.000000182. The van der Waals surface area contributed by atoms with Crippen LogP contribution in [-0.4, -0.2) is 161 Å². The minimum atomic E-state index is -3.52. The molecule has 4 fully saturated rings. The second-order valence-corrected chi connectivity index (χ2v) is 25.8. The third-order valence-corrected chi connectivity index (χ3v) is 17.1. The second-order valence-electron chi connectivity index (χ2n) is 22.2. The van der Waals surface area contributed by atoms with Crippen LogP contribution in [0.1, 0.15) is 93.0 Å². The van der Waals surface area contributed by atoms with E-state index in [4.69, 9.17) is 19.2 Å². The number of fused-ring (bicyclic) bond motifs is 2. The predicted molar refractivity (Wildman–Crippen MR) is 305 cm³/mol. The molecule has 2 unspecified atom stereocenters. The van der Waals surface area contributed by atoms with Crippen LogP contribution in [0, 0.1) is 23.5 Å². The molecule has 81 heavy (non-hydrogen) atoms. The van der Waals surface area contributed by atoms with Crippen LogP contribution in [0.2, 0.25) is 13.6 Å². The smallest absolute Gasteiger partial charge is 0.408 e. The van der Waals surface area contributed by atoms with Gasteiger partial charge < -0.3 is 49.8 Å². The molecule has 4 aromatic rings. The third-order valence-electron chi connectivity index (χ3n) is 15.7. The number of hydrogen-bond acceptors (Lipinski definition) is 17. The molecule has 0 bridgehead atoms. The topological polar surface area (TPSA) is 266 Å². The number of ether oxygens (including phenoxy) is 3. The van der Waals surface area contributed by atoms with Gasteiger partial charge >= 0.3 is 14.1 Å². The number of carbonyl (C=O) groups excluding carboxylic acids is 2. The molecule has 10 rings (SSSR count). The summed E-state index contributed by atoms with van der Waals surface area (Å²) < 4.78 is 98.5. The van der Waals surface area contributed by atoms with Gasteiger partial charge in [-0.15, -0.1) is 0 Å². The molecule has 4 saturated heterocycles. The van der Waals surface area contributed by atoms with E-state index in [0.717, 1.165) is 76.5 Å². The number of methoxy groups -OCH3 is 1. The molecule has 8 heterocycles. The number of benzene rings is 2. The molecule has 6 aliphatic rings. The lowest BCUT2D eigenvalue weighted by Crippen LogP contribution is -2.54. The summed E-state index contributed by atoms with van der Waals surface area (Å²) in [5.74, 6) is 2.54. The molecule has 2 spiro atoms. The Hall–Kier alpha value is -5.67. The molecule has 7 N–H and O–H groups in total. The van der Waals surface area contributed by atoms with Crippen LogP contribution >= 0.6 is 0 Å². The summed E-state index contributed by atoms with van der Waals surface area (Å²) in [6.07, 6.45) is 12.1. The van der Waals surface area contributed by atoms with Crippen LogP contribution in [0.5, 0.6) is 17.2 Å². The monoisotopic (exact) mass is 1160 g/mol. The summed E-state index contributed by atoms with van der Waals surface area (Å²) in [6.45, 7) is 9.69. The molecular weight excluding hydrogens is 1090 g/mol. The maximum Gasteiger partial charge on any atom is 0.408 e. The van der Waals surface area contributed by atoms with Crippen molar-refractivity contribution >= 4 is 57.6 Å². The number of piperidine rings is 4. The lowest BCUT2D eigenvalue weighted by atomic mass is 9.80. The van der Waals surface area contributed by atoms with Gasteiger partial charge in [-0.3, -0.25) is 14.5 Å². The molecule has 0 radical (unpaired) electrons. The quantitative estimate of drug-likeness (QED) is 0.0905. The van der Waals surface area contributed by atoms with E-state index in [2.05, 4.69) is 40.1 Å². The van der Waals surface area contributed by atoms with Crippen LogP contribution < -0.4 is 39.4 Å². The summed E-state index contributed by atoms with van der Waals surface area (Å²) in [5.41, 5.74) is 0.958. The van der Waals surface area contributed by atoms with E-state index in [1.54, 1.807) is 57.4 Å². The van der Waals surface area contributed by atoms with Crippen molar-refractivity contribution in [2.75, 3.05) is 82.4 Å². The minimum Gasteiger partial charge on any atom is -0.497 e. The Morgan fingerprint density at radius 1 is 0.679 bits per heavy atom. The Labute approximate surface area is 475 Å². The van der Waals surface area contributed by atoms with Crippen LogP contribution in [0.4, 0.5) is 20.4 Å². The molecule has 440 valence electrons. The largest absolute Gasteiger partial charge is 0.497 e. The molecule has 0 aliphatic carbocycles. The number of rotatable bonds is 13. The first-order valence-corrected chi connectivity index (χ1v) is 31.5. The van der Waals surface area contributed by atoms with Crippen molar-refractivity contribution in [3.8, 4) is 17.2 Å². The van der Waals surface area contributed by atoms with E-state index in [-0.39, 0.29) is 23.7 Å². The van der Waals surface area contributed by atoms with E-state index in [1.165, 1.54) is 24.3 Å². The first-order valence-electron chi connectivity index (χ1n) is 27.7.